The number of carbonyl (C=O) groups excluding carboxylic acids is 2. The molecule has 0 aromatic carbocycles. The van der Waals surface area contributed by atoms with Gasteiger partial charge in [-0.2, -0.15) is 0 Å². The molecule has 2 fully saturated rings. The van der Waals surface area contributed by atoms with E-state index >= 15 is 0 Å². The third kappa shape index (κ3) is 5.46. The number of rotatable bonds is 9. The van der Waals surface area contributed by atoms with Crippen LogP contribution in [0.25, 0.3) is 0 Å². The highest BCUT2D eigenvalue weighted by atomic mass is 16.5. The van der Waals surface area contributed by atoms with E-state index in [2.05, 4.69) is 34.3 Å². The average Bonchev–Trinajstić information content (AvgIpc) is 3.11. The summed E-state index contributed by atoms with van der Waals surface area (Å²) >= 11 is 0. The molecule has 8 atom stereocenters. The predicted octanol–water partition coefficient (Wildman–Crippen LogP) is 5.64. The first kappa shape index (κ1) is 28.1. The van der Waals surface area contributed by atoms with Crippen molar-refractivity contribution < 1.29 is 24.5 Å². The number of carbonyl (C=O) groups is 2. The first-order valence-corrected chi connectivity index (χ1v) is 13.8. The van der Waals surface area contributed by atoms with Gasteiger partial charge in [-0.25, -0.2) is 0 Å². The van der Waals surface area contributed by atoms with Crippen molar-refractivity contribution >= 4 is 11.8 Å². The van der Waals surface area contributed by atoms with Crippen molar-refractivity contribution in [3.8, 4) is 0 Å². The summed E-state index contributed by atoms with van der Waals surface area (Å²) in [6.45, 7) is 16.7. The van der Waals surface area contributed by atoms with Gasteiger partial charge in [-0.1, -0.05) is 46.8 Å². The van der Waals surface area contributed by atoms with Gasteiger partial charge in [-0.05, 0) is 92.1 Å². The zero-order valence-corrected chi connectivity index (χ0v) is 22.8. The minimum Gasteiger partial charge on any atom is -0.463 e. The molecule has 0 aliphatic heterocycles. The lowest BCUT2D eigenvalue weighted by Gasteiger charge is -2.49. The highest BCUT2D eigenvalue weighted by Gasteiger charge is 2.57. The second-order valence-corrected chi connectivity index (χ2v) is 12.5. The standard InChI is InChI=1S/C30H48O5/c1-18(2)19(3)8-9-20(4)24-10-11-25(29(24,6)14-15-31)23-17-27(33)26-16-22(35-21(5)32)12-13-30(26,7)28(23)34/h17-18,20,22,24-27,31,33H,3,8-16H2,1-2,4-7H3/t20-,22+,24-,25+,26-,27+,29-,30+/m1/s1. The van der Waals surface area contributed by atoms with Crippen molar-refractivity contribution in [2.24, 2.45) is 40.4 Å². The smallest absolute Gasteiger partial charge is 0.302 e. The van der Waals surface area contributed by atoms with E-state index in [4.69, 9.17) is 4.74 Å². The Morgan fingerprint density at radius 2 is 1.91 bits per heavy atom. The summed E-state index contributed by atoms with van der Waals surface area (Å²) in [6.07, 6.45) is 7.33. The minimum atomic E-state index is -0.727. The fraction of sp³-hybridized carbons (Fsp3) is 0.800. The molecule has 3 aliphatic carbocycles. The van der Waals surface area contributed by atoms with Gasteiger partial charge in [0.15, 0.2) is 5.78 Å². The summed E-state index contributed by atoms with van der Waals surface area (Å²) in [7, 11) is 0. The van der Waals surface area contributed by atoms with Crippen molar-refractivity contribution in [2.75, 3.05) is 6.61 Å². The van der Waals surface area contributed by atoms with E-state index in [0.717, 1.165) is 31.3 Å². The van der Waals surface area contributed by atoms with E-state index in [1.165, 1.54) is 12.5 Å². The van der Waals surface area contributed by atoms with Crippen LogP contribution in [-0.2, 0) is 14.3 Å². The molecule has 5 nitrogen and oxygen atoms in total. The number of aliphatic hydroxyl groups is 2. The molecule has 0 saturated heterocycles. The third-order valence-corrected chi connectivity index (χ3v) is 10.1. The van der Waals surface area contributed by atoms with Crippen LogP contribution in [0.15, 0.2) is 23.8 Å². The number of hydrogen-bond acceptors (Lipinski definition) is 5. The Bertz CT molecular complexity index is 844. The molecule has 0 heterocycles. The topological polar surface area (TPSA) is 83.8 Å². The van der Waals surface area contributed by atoms with E-state index in [-0.39, 0.29) is 41.7 Å². The monoisotopic (exact) mass is 488 g/mol. The second-order valence-electron chi connectivity index (χ2n) is 12.5. The molecule has 0 unspecified atom stereocenters. The normalized spacial score (nSPS) is 38.1. The molecule has 0 aromatic rings. The summed E-state index contributed by atoms with van der Waals surface area (Å²) in [5.74, 6) is 1.02. The van der Waals surface area contributed by atoms with Gasteiger partial charge in [0.2, 0.25) is 0 Å². The molecule has 3 aliphatic rings. The fourth-order valence-corrected chi connectivity index (χ4v) is 7.64. The quantitative estimate of drug-likeness (QED) is 0.324. The molecule has 5 heteroatoms. The Labute approximate surface area is 212 Å². The lowest BCUT2D eigenvalue weighted by Crippen LogP contribution is -2.52. The summed E-state index contributed by atoms with van der Waals surface area (Å²) in [5.41, 5.74) is 1.23. The molecule has 198 valence electrons. The SMILES string of the molecule is C=C(CC[C@@H](C)[C@H]1CC[C@@H](C2=C[C@H](O)[C@H]3C[C@@H](OC(C)=O)CC[C@]3(C)C2=O)[C@]1(C)CCO)C(C)C. The van der Waals surface area contributed by atoms with Gasteiger partial charge in [0.05, 0.1) is 6.10 Å². The molecular weight excluding hydrogens is 440 g/mol. The minimum absolute atomic E-state index is 0.0431. The number of fused-ring (bicyclic) bond motifs is 1. The van der Waals surface area contributed by atoms with Crippen molar-refractivity contribution in [3.05, 3.63) is 23.8 Å². The number of Topliss-reactive ketones (excluding diaryl/α,β-unsaturated/α-hetero) is 1. The summed E-state index contributed by atoms with van der Waals surface area (Å²) in [4.78, 5) is 25.5. The number of aliphatic hydroxyl groups excluding tert-OH is 2. The highest BCUT2D eigenvalue weighted by molar-refractivity contribution is 6.01. The largest absolute Gasteiger partial charge is 0.463 e. The van der Waals surface area contributed by atoms with Crippen LogP contribution in [0.5, 0.6) is 0 Å². The maximum Gasteiger partial charge on any atom is 0.302 e. The van der Waals surface area contributed by atoms with E-state index in [9.17, 15) is 19.8 Å². The van der Waals surface area contributed by atoms with Crippen LogP contribution in [-0.4, -0.2) is 40.8 Å². The van der Waals surface area contributed by atoms with Gasteiger partial charge in [0, 0.05) is 24.9 Å². The van der Waals surface area contributed by atoms with Crippen molar-refractivity contribution in [3.63, 3.8) is 0 Å². The number of esters is 1. The summed E-state index contributed by atoms with van der Waals surface area (Å²) in [6, 6.07) is 0. The van der Waals surface area contributed by atoms with Gasteiger partial charge in [-0.15, -0.1) is 0 Å². The highest BCUT2D eigenvalue weighted by Crippen LogP contribution is 2.59. The Morgan fingerprint density at radius 1 is 1.23 bits per heavy atom. The summed E-state index contributed by atoms with van der Waals surface area (Å²) in [5, 5.41) is 21.3. The Morgan fingerprint density at radius 3 is 2.51 bits per heavy atom. The zero-order chi connectivity index (χ0) is 26.1. The maximum absolute atomic E-state index is 14.0. The second kappa shape index (κ2) is 10.9. The molecule has 35 heavy (non-hydrogen) atoms. The Hall–Kier alpha value is -1.46. The molecule has 2 N–H and O–H groups in total. The molecular formula is C30H48O5. The average molecular weight is 489 g/mol. The van der Waals surface area contributed by atoms with Crippen molar-refractivity contribution in [1.82, 2.24) is 0 Å². The van der Waals surface area contributed by atoms with Crippen LogP contribution in [0.4, 0.5) is 0 Å². The van der Waals surface area contributed by atoms with Gasteiger partial charge >= 0.3 is 5.97 Å². The maximum atomic E-state index is 14.0. The molecule has 2 saturated carbocycles. The zero-order valence-electron chi connectivity index (χ0n) is 22.8. The lowest BCUT2D eigenvalue weighted by atomic mass is 9.55. The number of hydrogen-bond donors (Lipinski definition) is 2. The van der Waals surface area contributed by atoms with Gasteiger partial charge in [-0.3, -0.25) is 9.59 Å². The van der Waals surface area contributed by atoms with Crippen LogP contribution < -0.4 is 0 Å². The van der Waals surface area contributed by atoms with Crippen LogP contribution in [0.2, 0.25) is 0 Å². The summed E-state index contributed by atoms with van der Waals surface area (Å²) < 4.78 is 5.44. The molecule has 0 bridgehead atoms. The van der Waals surface area contributed by atoms with Crippen LogP contribution in [0.3, 0.4) is 0 Å². The van der Waals surface area contributed by atoms with Crippen LogP contribution in [0.1, 0.15) is 92.9 Å². The van der Waals surface area contributed by atoms with Crippen LogP contribution >= 0.6 is 0 Å². The third-order valence-electron chi connectivity index (χ3n) is 10.1. The van der Waals surface area contributed by atoms with Crippen molar-refractivity contribution in [2.45, 2.75) is 105 Å². The van der Waals surface area contributed by atoms with Gasteiger partial charge in [0.25, 0.3) is 0 Å². The number of ether oxygens (including phenoxy) is 1. The number of allylic oxidation sites excluding steroid dienone is 2. The van der Waals surface area contributed by atoms with Crippen LogP contribution in [0, 0.1) is 40.4 Å². The van der Waals surface area contributed by atoms with E-state index < -0.39 is 11.5 Å². The van der Waals surface area contributed by atoms with Gasteiger partial charge in [0.1, 0.15) is 6.10 Å². The number of ketones is 1. The molecule has 0 spiro atoms. The molecule has 0 amide bonds. The predicted molar refractivity (Wildman–Crippen MR) is 138 cm³/mol. The van der Waals surface area contributed by atoms with Crippen molar-refractivity contribution in [1.29, 1.82) is 0 Å². The lowest BCUT2D eigenvalue weighted by molar-refractivity contribution is -0.155. The Kier molecular flexibility index (Phi) is 8.74. The molecule has 0 aromatic heterocycles. The molecule has 3 rings (SSSR count). The van der Waals surface area contributed by atoms with Gasteiger partial charge < -0.3 is 14.9 Å². The van der Waals surface area contributed by atoms with E-state index in [1.807, 2.05) is 13.0 Å². The first-order valence-electron chi connectivity index (χ1n) is 13.8. The van der Waals surface area contributed by atoms with E-state index in [1.54, 1.807) is 0 Å². The first-order chi connectivity index (χ1) is 16.3. The Balaban J connectivity index is 1.84. The molecule has 0 radical (unpaired) electrons. The fourth-order valence-electron chi connectivity index (χ4n) is 7.64. The van der Waals surface area contributed by atoms with E-state index in [0.29, 0.717) is 43.4 Å².